The van der Waals surface area contributed by atoms with E-state index in [1.807, 2.05) is 14.0 Å². The summed E-state index contributed by atoms with van der Waals surface area (Å²) in [6.07, 6.45) is 3.35. The second-order valence-electron chi connectivity index (χ2n) is 8.07. The van der Waals surface area contributed by atoms with Crippen molar-refractivity contribution in [2.24, 2.45) is 7.05 Å². The van der Waals surface area contributed by atoms with Crippen molar-refractivity contribution in [3.63, 3.8) is 0 Å². The lowest BCUT2D eigenvalue weighted by Gasteiger charge is -2.35. The fourth-order valence-corrected chi connectivity index (χ4v) is 4.07. The van der Waals surface area contributed by atoms with Crippen LogP contribution in [0.15, 0.2) is 42.9 Å². The molecule has 4 aromatic rings. The minimum Gasteiger partial charge on any atom is -0.353 e. The van der Waals surface area contributed by atoms with Gasteiger partial charge < -0.3 is 10.2 Å². The number of amides is 1. The number of nitrogens with one attached hydrogen (secondary N) is 1. The maximum atomic E-state index is 13.3. The van der Waals surface area contributed by atoms with Crippen LogP contribution in [0.25, 0.3) is 16.7 Å². The van der Waals surface area contributed by atoms with E-state index in [4.69, 9.17) is 0 Å². The average molecular weight is 449 g/mol. The molecule has 1 amide bonds. The average Bonchev–Trinajstić information content (AvgIpc) is 3.37. The van der Waals surface area contributed by atoms with Gasteiger partial charge in [-0.05, 0) is 31.2 Å². The van der Waals surface area contributed by atoms with Crippen LogP contribution < -0.4 is 10.2 Å². The Morgan fingerprint density at radius 2 is 1.88 bits per heavy atom. The SMILES string of the molecule is Cc1cc(NC(=O)CN2CCN(c3ncnc4c3cnn4C)CC2)n(-c2ccc(F)cc2)n1. The normalized spacial score (nSPS) is 14.7. The first-order valence-electron chi connectivity index (χ1n) is 10.7. The maximum absolute atomic E-state index is 13.3. The molecule has 0 bridgehead atoms. The van der Waals surface area contributed by atoms with Crippen LogP contribution >= 0.6 is 0 Å². The van der Waals surface area contributed by atoms with Gasteiger partial charge in [0.05, 0.1) is 29.5 Å². The third kappa shape index (κ3) is 4.27. The van der Waals surface area contributed by atoms with E-state index in [9.17, 15) is 9.18 Å². The van der Waals surface area contributed by atoms with Crippen molar-refractivity contribution in [2.75, 3.05) is 42.9 Å². The van der Waals surface area contributed by atoms with Gasteiger partial charge >= 0.3 is 0 Å². The number of halogens is 1. The minimum absolute atomic E-state index is 0.122. The van der Waals surface area contributed by atoms with Crippen molar-refractivity contribution in [1.29, 1.82) is 0 Å². The summed E-state index contributed by atoms with van der Waals surface area (Å²) >= 11 is 0. The van der Waals surface area contributed by atoms with Gasteiger partial charge in [-0.3, -0.25) is 14.4 Å². The van der Waals surface area contributed by atoms with E-state index in [0.29, 0.717) is 11.5 Å². The van der Waals surface area contributed by atoms with Crippen LogP contribution in [0.3, 0.4) is 0 Å². The lowest BCUT2D eigenvalue weighted by atomic mass is 10.2. The number of fused-ring (bicyclic) bond motifs is 1. The molecule has 3 aromatic heterocycles. The smallest absolute Gasteiger partial charge is 0.239 e. The molecule has 1 N–H and O–H groups in total. The van der Waals surface area contributed by atoms with Crippen LogP contribution in [0.2, 0.25) is 0 Å². The Morgan fingerprint density at radius 1 is 1.12 bits per heavy atom. The van der Waals surface area contributed by atoms with Crippen LogP contribution in [-0.2, 0) is 11.8 Å². The third-order valence-corrected chi connectivity index (χ3v) is 5.72. The number of carbonyl (C=O) groups is 1. The van der Waals surface area contributed by atoms with E-state index in [-0.39, 0.29) is 18.3 Å². The van der Waals surface area contributed by atoms with Gasteiger partial charge in [-0.25, -0.2) is 19.0 Å². The van der Waals surface area contributed by atoms with E-state index in [0.717, 1.165) is 48.7 Å². The Balaban J connectivity index is 1.21. The molecule has 0 radical (unpaired) electrons. The topological polar surface area (TPSA) is 97.0 Å². The lowest BCUT2D eigenvalue weighted by Crippen LogP contribution is -2.49. The highest BCUT2D eigenvalue weighted by molar-refractivity contribution is 5.92. The summed E-state index contributed by atoms with van der Waals surface area (Å²) in [4.78, 5) is 25.8. The van der Waals surface area contributed by atoms with E-state index in [1.54, 1.807) is 40.1 Å². The molecule has 1 aliphatic rings. The van der Waals surface area contributed by atoms with Crippen molar-refractivity contribution < 1.29 is 9.18 Å². The van der Waals surface area contributed by atoms with Crippen molar-refractivity contribution >= 4 is 28.6 Å². The maximum Gasteiger partial charge on any atom is 0.239 e. The standard InChI is InChI=1S/C22H24FN9O/c1-15-11-19(32(28-15)17-5-3-16(23)4-6-17)27-20(33)13-30-7-9-31(10-8-30)22-18-12-26-29(2)21(18)24-14-25-22/h3-6,11-12,14H,7-10,13H2,1-2H3,(H,27,33). The van der Waals surface area contributed by atoms with Gasteiger partial charge in [-0.1, -0.05) is 0 Å². The highest BCUT2D eigenvalue weighted by Crippen LogP contribution is 2.23. The van der Waals surface area contributed by atoms with Crippen molar-refractivity contribution in [3.8, 4) is 5.69 Å². The molecule has 0 aliphatic carbocycles. The number of anilines is 2. The van der Waals surface area contributed by atoms with Gasteiger partial charge in [0.2, 0.25) is 5.91 Å². The molecule has 5 rings (SSSR count). The summed E-state index contributed by atoms with van der Waals surface area (Å²) in [5.41, 5.74) is 2.24. The van der Waals surface area contributed by atoms with Crippen LogP contribution in [-0.4, -0.2) is 73.1 Å². The van der Waals surface area contributed by atoms with E-state index < -0.39 is 0 Å². The molecule has 1 aromatic carbocycles. The molecule has 0 spiro atoms. The Hall–Kier alpha value is -3.86. The predicted octanol–water partition coefficient (Wildman–Crippen LogP) is 1.76. The Labute approximate surface area is 189 Å². The van der Waals surface area contributed by atoms with Gasteiger partial charge in [-0.15, -0.1) is 0 Å². The van der Waals surface area contributed by atoms with Gasteiger partial charge in [0, 0.05) is 39.3 Å². The summed E-state index contributed by atoms with van der Waals surface area (Å²) in [5, 5.41) is 12.6. The highest BCUT2D eigenvalue weighted by atomic mass is 19.1. The molecule has 170 valence electrons. The van der Waals surface area contributed by atoms with Gasteiger partial charge in [0.1, 0.15) is 23.8 Å². The Kier molecular flexibility index (Phi) is 5.47. The molecule has 1 aliphatic heterocycles. The predicted molar refractivity (Wildman–Crippen MR) is 122 cm³/mol. The lowest BCUT2D eigenvalue weighted by molar-refractivity contribution is -0.117. The Bertz CT molecular complexity index is 1290. The molecule has 4 heterocycles. The van der Waals surface area contributed by atoms with Gasteiger partial charge in [0.15, 0.2) is 5.65 Å². The quantitative estimate of drug-likeness (QED) is 0.496. The van der Waals surface area contributed by atoms with E-state index in [2.05, 4.69) is 35.3 Å². The van der Waals surface area contributed by atoms with Crippen molar-refractivity contribution in [1.82, 2.24) is 34.4 Å². The van der Waals surface area contributed by atoms with E-state index >= 15 is 0 Å². The molecule has 0 unspecified atom stereocenters. The number of rotatable bonds is 5. The number of benzene rings is 1. The third-order valence-electron chi connectivity index (χ3n) is 5.72. The van der Waals surface area contributed by atoms with Gasteiger partial charge in [-0.2, -0.15) is 10.2 Å². The fourth-order valence-electron chi connectivity index (χ4n) is 4.07. The van der Waals surface area contributed by atoms with Crippen molar-refractivity contribution in [3.05, 3.63) is 54.4 Å². The van der Waals surface area contributed by atoms with Crippen LogP contribution in [0, 0.1) is 12.7 Å². The first kappa shape index (κ1) is 21.0. The minimum atomic E-state index is -0.321. The number of nitrogens with zero attached hydrogens (tertiary/aromatic N) is 8. The molecular weight excluding hydrogens is 425 g/mol. The largest absolute Gasteiger partial charge is 0.353 e. The van der Waals surface area contributed by atoms with Gasteiger partial charge in [0.25, 0.3) is 0 Å². The number of hydrogen-bond acceptors (Lipinski definition) is 7. The number of hydrogen-bond donors (Lipinski definition) is 1. The second kappa shape index (κ2) is 8.58. The zero-order chi connectivity index (χ0) is 22.9. The summed E-state index contributed by atoms with van der Waals surface area (Å²) < 4.78 is 16.6. The molecule has 1 fully saturated rings. The summed E-state index contributed by atoms with van der Waals surface area (Å²) in [5.74, 6) is 0.987. The molecule has 0 atom stereocenters. The summed E-state index contributed by atoms with van der Waals surface area (Å²) in [6.45, 7) is 5.08. The van der Waals surface area contributed by atoms with Crippen LogP contribution in [0.1, 0.15) is 5.69 Å². The summed E-state index contributed by atoms with van der Waals surface area (Å²) in [7, 11) is 1.86. The zero-order valence-corrected chi connectivity index (χ0v) is 18.4. The van der Waals surface area contributed by atoms with Crippen LogP contribution in [0.4, 0.5) is 16.0 Å². The molecule has 10 nitrogen and oxygen atoms in total. The first-order chi connectivity index (χ1) is 16.0. The van der Waals surface area contributed by atoms with E-state index in [1.165, 1.54) is 12.1 Å². The fraction of sp³-hybridized carbons (Fsp3) is 0.318. The second-order valence-corrected chi connectivity index (χ2v) is 8.07. The number of aromatic nitrogens is 6. The van der Waals surface area contributed by atoms with Crippen LogP contribution in [0.5, 0.6) is 0 Å². The Morgan fingerprint density at radius 3 is 2.64 bits per heavy atom. The first-order valence-corrected chi connectivity index (χ1v) is 10.7. The number of piperazine rings is 1. The molecule has 11 heteroatoms. The number of carbonyl (C=O) groups excluding carboxylic acids is 1. The highest BCUT2D eigenvalue weighted by Gasteiger charge is 2.23. The molecule has 0 saturated carbocycles. The monoisotopic (exact) mass is 449 g/mol. The molecule has 1 saturated heterocycles. The zero-order valence-electron chi connectivity index (χ0n) is 18.4. The molecule has 33 heavy (non-hydrogen) atoms. The summed E-state index contributed by atoms with van der Waals surface area (Å²) in [6, 6.07) is 7.79. The number of aryl methyl sites for hydroxylation is 2. The van der Waals surface area contributed by atoms with Crippen molar-refractivity contribution in [2.45, 2.75) is 6.92 Å². The molecular formula is C22H24FN9O.